The van der Waals surface area contributed by atoms with Crippen LogP contribution in [0.25, 0.3) is 0 Å². The second-order valence-electron chi connectivity index (χ2n) is 5.16. The van der Waals surface area contributed by atoms with E-state index in [4.69, 9.17) is 9.47 Å². The number of carbonyl (C=O) groups excluding carboxylic acids is 1. The summed E-state index contributed by atoms with van der Waals surface area (Å²) in [5, 5.41) is 6.25. The molecule has 1 heterocycles. The van der Waals surface area contributed by atoms with Gasteiger partial charge in [-0.1, -0.05) is 24.3 Å². The van der Waals surface area contributed by atoms with Gasteiger partial charge in [0.1, 0.15) is 0 Å². The predicted molar refractivity (Wildman–Crippen MR) is 81.1 cm³/mol. The summed E-state index contributed by atoms with van der Waals surface area (Å²) >= 11 is 0. The Morgan fingerprint density at radius 3 is 2.90 bits per heavy atom. The lowest BCUT2D eigenvalue weighted by atomic mass is 9.95. The number of nitrogens with one attached hydrogen (secondary N) is 2. The molecule has 1 aromatic carbocycles. The molecule has 0 spiro atoms. The minimum atomic E-state index is -0.130. The van der Waals surface area contributed by atoms with Gasteiger partial charge in [0, 0.05) is 26.8 Å². The highest BCUT2D eigenvalue weighted by molar-refractivity contribution is 5.82. The van der Waals surface area contributed by atoms with Gasteiger partial charge in [0.2, 0.25) is 5.91 Å². The monoisotopic (exact) mass is 292 g/mol. The molecule has 2 rings (SSSR count). The molecule has 21 heavy (non-hydrogen) atoms. The number of benzene rings is 1. The molecule has 1 atom stereocenters. The first-order chi connectivity index (χ1) is 10.3. The number of rotatable bonds is 8. The van der Waals surface area contributed by atoms with Gasteiger partial charge in [-0.15, -0.1) is 0 Å². The summed E-state index contributed by atoms with van der Waals surface area (Å²) in [5.41, 5.74) is 2.55. The van der Waals surface area contributed by atoms with Crippen molar-refractivity contribution in [3.05, 3.63) is 35.4 Å². The molecule has 0 aliphatic carbocycles. The SMILES string of the molecule is COCCOCCCNC(=O)[C@@H]1Cc2ccccc2CN1. The van der Waals surface area contributed by atoms with E-state index in [9.17, 15) is 4.79 Å². The minimum absolute atomic E-state index is 0.0707. The third kappa shape index (κ3) is 5.12. The van der Waals surface area contributed by atoms with Crippen molar-refractivity contribution in [2.24, 2.45) is 0 Å². The van der Waals surface area contributed by atoms with E-state index in [0.717, 1.165) is 19.4 Å². The minimum Gasteiger partial charge on any atom is -0.382 e. The summed E-state index contributed by atoms with van der Waals surface area (Å²) in [5.74, 6) is 0.0707. The van der Waals surface area contributed by atoms with E-state index in [2.05, 4.69) is 22.8 Å². The van der Waals surface area contributed by atoms with E-state index in [0.29, 0.717) is 26.4 Å². The molecule has 0 saturated carbocycles. The van der Waals surface area contributed by atoms with Gasteiger partial charge >= 0.3 is 0 Å². The predicted octanol–water partition coefficient (Wildman–Crippen LogP) is 0.870. The third-order valence-corrected chi connectivity index (χ3v) is 3.59. The number of ether oxygens (including phenoxy) is 2. The van der Waals surface area contributed by atoms with E-state index >= 15 is 0 Å². The van der Waals surface area contributed by atoms with Crippen molar-refractivity contribution in [2.45, 2.75) is 25.4 Å². The fourth-order valence-corrected chi connectivity index (χ4v) is 2.39. The van der Waals surface area contributed by atoms with Gasteiger partial charge in [-0.2, -0.15) is 0 Å². The molecule has 116 valence electrons. The Morgan fingerprint density at radius 2 is 2.10 bits per heavy atom. The fourth-order valence-electron chi connectivity index (χ4n) is 2.39. The molecule has 5 heteroatoms. The van der Waals surface area contributed by atoms with Crippen LogP contribution in [0.2, 0.25) is 0 Å². The van der Waals surface area contributed by atoms with Crippen LogP contribution in [-0.4, -0.2) is 45.4 Å². The lowest BCUT2D eigenvalue weighted by Gasteiger charge is -2.25. The van der Waals surface area contributed by atoms with Crippen LogP contribution in [0.1, 0.15) is 17.5 Å². The fraction of sp³-hybridized carbons (Fsp3) is 0.562. The molecular formula is C16H24N2O3. The first kappa shape index (κ1) is 15.9. The molecule has 1 aliphatic heterocycles. The van der Waals surface area contributed by atoms with Crippen LogP contribution in [0.5, 0.6) is 0 Å². The van der Waals surface area contributed by atoms with Crippen molar-refractivity contribution in [3.63, 3.8) is 0 Å². The van der Waals surface area contributed by atoms with E-state index in [-0.39, 0.29) is 11.9 Å². The Morgan fingerprint density at radius 1 is 1.29 bits per heavy atom. The topological polar surface area (TPSA) is 59.6 Å². The summed E-state index contributed by atoms with van der Waals surface area (Å²) < 4.78 is 10.2. The Balaban J connectivity index is 1.64. The van der Waals surface area contributed by atoms with E-state index in [1.54, 1.807) is 7.11 Å². The molecule has 1 aromatic rings. The van der Waals surface area contributed by atoms with Crippen molar-refractivity contribution in [1.82, 2.24) is 10.6 Å². The normalized spacial score (nSPS) is 17.3. The summed E-state index contributed by atoms with van der Waals surface area (Å²) in [6.45, 7) is 3.26. The summed E-state index contributed by atoms with van der Waals surface area (Å²) in [6.07, 6.45) is 1.57. The van der Waals surface area contributed by atoms with Crippen LogP contribution in [0.4, 0.5) is 0 Å². The van der Waals surface area contributed by atoms with Gasteiger partial charge in [0.05, 0.1) is 19.3 Å². The van der Waals surface area contributed by atoms with Crippen molar-refractivity contribution < 1.29 is 14.3 Å². The Bertz CT molecular complexity index is 451. The zero-order valence-electron chi connectivity index (χ0n) is 12.6. The molecule has 5 nitrogen and oxygen atoms in total. The second kappa shape index (κ2) is 8.77. The molecule has 0 saturated heterocycles. The number of hydrogen-bond acceptors (Lipinski definition) is 4. The van der Waals surface area contributed by atoms with E-state index in [1.807, 2.05) is 12.1 Å². The quantitative estimate of drug-likeness (QED) is 0.698. The van der Waals surface area contributed by atoms with Crippen molar-refractivity contribution in [2.75, 3.05) is 33.5 Å². The number of amides is 1. The maximum absolute atomic E-state index is 12.1. The zero-order chi connectivity index (χ0) is 14.9. The average molecular weight is 292 g/mol. The third-order valence-electron chi connectivity index (χ3n) is 3.59. The van der Waals surface area contributed by atoms with Gasteiger partial charge in [-0.25, -0.2) is 0 Å². The summed E-state index contributed by atoms with van der Waals surface area (Å²) in [6, 6.07) is 8.13. The molecular weight excluding hydrogens is 268 g/mol. The van der Waals surface area contributed by atoms with Crippen LogP contribution in [0, 0.1) is 0 Å². The summed E-state index contributed by atoms with van der Waals surface area (Å²) in [4.78, 5) is 12.1. The first-order valence-corrected chi connectivity index (χ1v) is 7.46. The van der Waals surface area contributed by atoms with Crippen molar-refractivity contribution in [1.29, 1.82) is 0 Å². The lowest BCUT2D eigenvalue weighted by Crippen LogP contribution is -2.47. The molecule has 0 fully saturated rings. The summed E-state index contributed by atoms with van der Waals surface area (Å²) in [7, 11) is 1.65. The largest absolute Gasteiger partial charge is 0.382 e. The van der Waals surface area contributed by atoms with Gasteiger partial charge in [-0.05, 0) is 24.0 Å². The second-order valence-corrected chi connectivity index (χ2v) is 5.16. The molecule has 0 aromatic heterocycles. The van der Waals surface area contributed by atoms with Crippen molar-refractivity contribution in [3.8, 4) is 0 Å². The number of carbonyl (C=O) groups is 1. The highest BCUT2D eigenvalue weighted by Gasteiger charge is 2.23. The molecule has 2 N–H and O–H groups in total. The average Bonchev–Trinajstić information content (AvgIpc) is 2.53. The maximum atomic E-state index is 12.1. The Labute approximate surface area is 126 Å². The highest BCUT2D eigenvalue weighted by atomic mass is 16.5. The molecule has 0 bridgehead atoms. The molecule has 1 amide bonds. The number of methoxy groups -OCH3 is 1. The van der Waals surface area contributed by atoms with Gasteiger partial charge in [-0.3, -0.25) is 4.79 Å². The molecule has 0 unspecified atom stereocenters. The standard InChI is InChI=1S/C16H24N2O3/c1-20-9-10-21-8-4-7-17-16(19)15-11-13-5-2-3-6-14(13)12-18-15/h2-3,5-6,15,18H,4,7-12H2,1H3,(H,17,19)/t15-/m0/s1. The van der Waals surface area contributed by atoms with E-state index in [1.165, 1.54) is 11.1 Å². The first-order valence-electron chi connectivity index (χ1n) is 7.46. The van der Waals surface area contributed by atoms with E-state index < -0.39 is 0 Å². The Hall–Kier alpha value is -1.43. The smallest absolute Gasteiger partial charge is 0.237 e. The van der Waals surface area contributed by atoms with Crippen LogP contribution >= 0.6 is 0 Å². The van der Waals surface area contributed by atoms with Crippen LogP contribution in [-0.2, 0) is 27.2 Å². The Kier molecular flexibility index (Phi) is 6.66. The van der Waals surface area contributed by atoms with Gasteiger partial charge in [0.25, 0.3) is 0 Å². The molecule has 0 radical (unpaired) electrons. The van der Waals surface area contributed by atoms with Gasteiger partial charge in [0.15, 0.2) is 0 Å². The van der Waals surface area contributed by atoms with Crippen LogP contribution < -0.4 is 10.6 Å². The van der Waals surface area contributed by atoms with Gasteiger partial charge < -0.3 is 20.1 Å². The van der Waals surface area contributed by atoms with Crippen LogP contribution in [0.15, 0.2) is 24.3 Å². The highest BCUT2D eigenvalue weighted by Crippen LogP contribution is 2.16. The number of fused-ring (bicyclic) bond motifs is 1. The lowest BCUT2D eigenvalue weighted by molar-refractivity contribution is -0.123. The maximum Gasteiger partial charge on any atom is 0.237 e. The zero-order valence-corrected chi connectivity index (χ0v) is 12.6. The molecule has 1 aliphatic rings. The number of hydrogen-bond donors (Lipinski definition) is 2. The van der Waals surface area contributed by atoms with Crippen LogP contribution in [0.3, 0.4) is 0 Å². The van der Waals surface area contributed by atoms with Crippen molar-refractivity contribution >= 4 is 5.91 Å².